The first-order valence-electron chi connectivity index (χ1n) is 6.34. The third-order valence-electron chi connectivity index (χ3n) is 3.77. The van der Waals surface area contributed by atoms with Gasteiger partial charge in [-0.2, -0.15) is 0 Å². The predicted octanol–water partition coefficient (Wildman–Crippen LogP) is 3.90. The lowest BCUT2D eigenvalue weighted by Crippen LogP contribution is -2.30. The van der Waals surface area contributed by atoms with Crippen LogP contribution in [0.15, 0.2) is 27.6 Å². The van der Waals surface area contributed by atoms with Crippen molar-refractivity contribution >= 4 is 34.5 Å². The Labute approximate surface area is 122 Å². The van der Waals surface area contributed by atoms with Gasteiger partial charge < -0.3 is 5.32 Å². The van der Waals surface area contributed by atoms with Crippen molar-refractivity contribution in [2.45, 2.75) is 31.1 Å². The van der Waals surface area contributed by atoms with Crippen LogP contribution < -0.4 is 5.32 Å². The van der Waals surface area contributed by atoms with Gasteiger partial charge >= 0.3 is 0 Å². The number of benzene rings is 1. The SMILES string of the molecule is CC1CCCC1CNC(=O)c1ccc(Br)cc1S. The second-order valence-corrected chi connectivity index (χ2v) is 6.44. The second kappa shape index (κ2) is 6.11. The summed E-state index contributed by atoms with van der Waals surface area (Å²) in [5.74, 6) is 1.34. The van der Waals surface area contributed by atoms with E-state index in [1.54, 1.807) is 6.07 Å². The lowest BCUT2D eigenvalue weighted by Gasteiger charge is -2.16. The minimum Gasteiger partial charge on any atom is -0.352 e. The third-order valence-corrected chi connectivity index (χ3v) is 4.63. The molecular formula is C14H18BrNOS. The Hall–Kier alpha value is -0.480. The molecule has 1 saturated carbocycles. The van der Waals surface area contributed by atoms with E-state index in [1.165, 1.54) is 19.3 Å². The lowest BCUT2D eigenvalue weighted by molar-refractivity contribution is 0.0941. The summed E-state index contributed by atoms with van der Waals surface area (Å²) >= 11 is 7.70. The van der Waals surface area contributed by atoms with Crippen LogP contribution in [0.2, 0.25) is 0 Å². The van der Waals surface area contributed by atoms with Crippen LogP contribution in [0, 0.1) is 11.8 Å². The Morgan fingerprint density at radius 2 is 2.28 bits per heavy atom. The Kier molecular flexibility index (Phi) is 4.73. The van der Waals surface area contributed by atoms with Crippen molar-refractivity contribution in [2.24, 2.45) is 11.8 Å². The Bertz CT molecular complexity index is 449. The predicted molar refractivity (Wildman–Crippen MR) is 80.2 cm³/mol. The summed E-state index contributed by atoms with van der Waals surface area (Å²) in [4.78, 5) is 12.8. The van der Waals surface area contributed by atoms with E-state index >= 15 is 0 Å². The van der Waals surface area contributed by atoms with E-state index in [9.17, 15) is 4.79 Å². The Morgan fingerprint density at radius 1 is 1.50 bits per heavy atom. The van der Waals surface area contributed by atoms with Crippen molar-refractivity contribution in [1.29, 1.82) is 0 Å². The topological polar surface area (TPSA) is 29.1 Å². The summed E-state index contributed by atoms with van der Waals surface area (Å²) in [6, 6.07) is 5.52. The van der Waals surface area contributed by atoms with Crippen molar-refractivity contribution in [1.82, 2.24) is 5.32 Å². The highest BCUT2D eigenvalue weighted by atomic mass is 79.9. The lowest BCUT2D eigenvalue weighted by atomic mass is 9.98. The molecule has 0 saturated heterocycles. The van der Waals surface area contributed by atoms with Crippen molar-refractivity contribution < 1.29 is 4.79 Å². The minimum atomic E-state index is -0.0217. The zero-order chi connectivity index (χ0) is 13.1. The van der Waals surface area contributed by atoms with Crippen LogP contribution in [0.25, 0.3) is 0 Å². The third kappa shape index (κ3) is 3.29. The van der Waals surface area contributed by atoms with Crippen molar-refractivity contribution in [3.63, 3.8) is 0 Å². The maximum atomic E-state index is 12.1. The molecule has 1 aliphatic rings. The average molecular weight is 328 g/mol. The standard InChI is InChI=1S/C14H18BrNOS/c1-9-3-2-4-10(9)8-16-14(17)12-6-5-11(15)7-13(12)18/h5-7,9-10,18H,2-4,8H2,1H3,(H,16,17). The van der Waals surface area contributed by atoms with Crippen molar-refractivity contribution in [3.05, 3.63) is 28.2 Å². The quantitative estimate of drug-likeness (QED) is 0.810. The molecule has 2 atom stereocenters. The average Bonchev–Trinajstić information content (AvgIpc) is 2.72. The molecule has 1 aromatic rings. The summed E-state index contributed by atoms with van der Waals surface area (Å²) in [6.07, 6.45) is 3.81. The molecule has 2 rings (SSSR count). The van der Waals surface area contributed by atoms with E-state index in [0.29, 0.717) is 16.4 Å². The van der Waals surface area contributed by atoms with Crippen molar-refractivity contribution in [3.8, 4) is 0 Å². The molecule has 2 unspecified atom stereocenters. The molecule has 1 aromatic carbocycles. The molecular weight excluding hydrogens is 310 g/mol. The van der Waals surface area contributed by atoms with Gasteiger partial charge in [0.25, 0.3) is 5.91 Å². The zero-order valence-corrected chi connectivity index (χ0v) is 12.9. The fourth-order valence-corrected chi connectivity index (χ4v) is 3.39. The number of thiol groups is 1. The number of nitrogens with one attached hydrogen (secondary N) is 1. The molecule has 0 aromatic heterocycles. The van der Waals surface area contributed by atoms with E-state index in [0.717, 1.165) is 16.9 Å². The highest BCUT2D eigenvalue weighted by Gasteiger charge is 2.23. The van der Waals surface area contributed by atoms with Gasteiger partial charge in [0.1, 0.15) is 0 Å². The minimum absolute atomic E-state index is 0.0217. The normalized spacial score (nSPS) is 23.1. The van der Waals surface area contributed by atoms with Crippen LogP contribution in [0.5, 0.6) is 0 Å². The smallest absolute Gasteiger partial charge is 0.252 e. The Balaban J connectivity index is 1.95. The molecule has 1 amide bonds. The van der Waals surface area contributed by atoms with E-state index in [2.05, 4.69) is 40.8 Å². The zero-order valence-electron chi connectivity index (χ0n) is 10.4. The van der Waals surface area contributed by atoms with Gasteiger partial charge in [-0.1, -0.05) is 35.7 Å². The number of hydrogen-bond donors (Lipinski definition) is 2. The highest BCUT2D eigenvalue weighted by molar-refractivity contribution is 9.10. The summed E-state index contributed by atoms with van der Waals surface area (Å²) in [6.45, 7) is 3.05. The van der Waals surface area contributed by atoms with Crippen LogP contribution in [-0.2, 0) is 0 Å². The van der Waals surface area contributed by atoms with Crippen LogP contribution in [0.3, 0.4) is 0 Å². The molecule has 0 aliphatic heterocycles. The number of carbonyl (C=O) groups excluding carboxylic acids is 1. The number of halogens is 1. The molecule has 4 heteroatoms. The van der Waals surface area contributed by atoms with E-state index < -0.39 is 0 Å². The van der Waals surface area contributed by atoms with Crippen LogP contribution in [0.4, 0.5) is 0 Å². The van der Waals surface area contributed by atoms with Crippen LogP contribution in [0.1, 0.15) is 36.5 Å². The van der Waals surface area contributed by atoms with Gasteiger partial charge in [0.05, 0.1) is 5.56 Å². The largest absolute Gasteiger partial charge is 0.352 e. The number of rotatable bonds is 3. The van der Waals surface area contributed by atoms with Crippen molar-refractivity contribution in [2.75, 3.05) is 6.54 Å². The van der Waals surface area contributed by atoms with Crippen LogP contribution in [-0.4, -0.2) is 12.5 Å². The summed E-state index contributed by atoms with van der Waals surface area (Å²) in [5, 5.41) is 3.03. The van der Waals surface area contributed by atoms with E-state index in [1.807, 2.05) is 12.1 Å². The number of amides is 1. The van der Waals surface area contributed by atoms with Gasteiger partial charge in [0.15, 0.2) is 0 Å². The van der Waals surface area contributed by atoms with Gasteiger partial charge in [0.2, 0.25) is 0 Å². The number of carbonyl (C=O) groups is 1. The number of hydrogen-bond acceptors (Lipinski definition) is 2. The molecule has 0 radical (unpaired) electrons. The molecule has 2 nitrogen and oxygen atoms in total. The van der Waals surface area contributed by atoms with E-state index in [-0.39, 0.29) is 5.91 Å². The molecule has 1 aliphatic carbocycles. The van der Waals surface area contributed by atoms with Gasteiger partial charge in [-0.3, -0.25) is 4.79 Å². The molecule has 1 fully saturated rings. The molecule has 18 heavy (non-hydrogen) atoms. The monoisotopic (exact) mass is 327 g/mol. The van der Waals surface area contributed by atoms with E-state index in [4.69, 9.17) is 0 Å². The summed E-state index contributed by atoms with van der Waals surface area (Å²) in [5.41, 5.74) is 0.646. The maximum Gasteiger partial charge on any atom is 0.252 e. The Morgan fingerprint density at radius 3 is 2.89 bits per heavy atom. The summed E-state index contributed by atoms with van der Waals surface area (Å²) in [7, 11) is 0. The first kappa shape index (κ1) is 13.9. The van der Waals surface area contributed by atoms with Gasteiger partial charge in [0, 0.05) is 15.9 Å². The molecule has 98 valence electrons. The highest BCUT2D eigenvalue weighted by Crippen LogP contribution is 2.30. The van der Waals surface area contributed by atoms with Gasteiger partial charge in [-0.05, 0) is 36.5 Å². The molecule has 0 bridgehead atoms. The summed E-state index contributed by atoms with van der Waals surface area (Å²) < 4.78 is 0.938. The first-order chi connectivity index (χ1) is 8.58. The van der Waals surface area contributed by atoms with Crippen LogP contribution >= 0.6 is 28.6 Å². The fraction of sp³-hybridized carbons (Fsp3) is 0.500. The second-order valence-electron chi connectivity index (χ2n) is 5.04. The molecule has 0 heterocycles. The molecule has 0 spiro atoms. The maximum absolute atomic E-state index is 12.1. The fourth-order valence-electron chi connectivity index (χ4n) is 2.54. The first-order valence-corrected chi connectivity index (χ1v) is 7.58. The molecule has 1 N–H and O–H groups in total. The van der Waals surface area contributed by atoms with Gasteiger partial charge in [-0.25, -0.2) is 0 Å². The van der Waals surface area contributed by atoms with Gasteiger partial charge in [-0.15, -0.1) is 12.6 Å².